The van der Waals surface area contributed by atoms with E-state index in [2.05, 4.69) is 22.3 Å². The van der Waals surface area contributed by atoms with Crippen molar-refractivity contribution in [1.29, 1.82) is 0 Å². The van der Waals surface area contributed by atoms with Gasteiger partial charge in [-0.1, -0.05) is 0 Å². The minimum Gasteiger partial charge on any atom is -0.385 e. The van der Waals surface area contributed by atoms with Crippen molar-refractivity contribution < 1.29 is 9.53 Å². The van der Waals surface area contributed by atoms with Crippen LogP contribution in [0.3, 0.4) is 0 Å². The molecule has 1 aliphatic rings. The van der Waals surface area contributed by atoms with Crippen LogP contribution in [0.1, 0.15) is 36.0 Å². The van der Waals surface area contributed by atoms with Crippen LogP contribution in [-0.4, -0.2) is 39.3 Å². The van der Waals surface area contributed by atoms with Crippen LogP contribution in [-0.2, 0) is 4.74 Å². The number of nitrogens with one attached hydrogen (secondary N) is 1. The highest BCUT2D eigenvalue weighted by atomic mass is 16.5. The third-order valence-electron chi connectivity index (χ3n) is 3.66. The topological polar surface area (TPSA) is 41.6 Å². The number of ether oxygens (including phenoxy) is 1. The Balaban J connectivity index is 1.85. The van der Waals surface area contributed by atoms with Gasteiger partial charge in [0.05, 0.1) is 0 Å². The van der Waals surface area contributed by atoms with Gasteiger partial charge in [0.2, 0.25) is 0 Å². The summed E-state index contributed by atoms with van der Waals surface area (Å²) in [6.45, 7) is 3.58. The molecule has 20 heavy (non-hydrogen) atoms. The van der Waals surface area contributed by atoms with Crippen LogP contribution in [0.4, 0.5) is 5.69 Å². The van der Waals surface area contributed by atoms with E-state index in [9.17, 15) is 4.79 Å². The van der Waals surface area contributed by atoms with Gasteiger partial charge in [-0.05, 0) is 49.9 Å². The van der Waals surface area contributed by atoms with E-state index in [1.54, 1.807) is 7.11 Å². The van der Waals surface area contributed by atoms with Gasteiger partial charge < -0.3 is 15.0 Å². The summed E-state index contributed by atoms with van der Waals surface area (Å²) in [7, 11) is 1.67. The van der Waals surface area contributed by atoms with Gasteiger partial charge >= 0.3 is 0 Å². The predicted octanol–water partition coefficient (Wildman–Crippen LogP) is 2.44. The number of hydrogen-bond acceptors (Lipinski definition) is 3. The maximum absolute atomic E-state index is 11.9. The van der Waals surface area contributed by atoms with Crippen LogP contribution in [0.25, 0.3) is 0 Å². The summed E-state index contributed by atoms with van der Waals surface area (Å²) in [4.78, 5) is 14.3. The first-order valence-corrected chi connectivity index (χ1v) is 7.43. The van der Waals surface area contributed by atoms with E-state index in [4.69, 9.17) is 4.74 Å². The van der Waals surface area contributed by atoms with E-state index in [1.165, 1.54) is 24.9 Å². The van der Waals surface area contributed by atoms with E-state index < -0.39 is 0 Å². The van der Waals surface area contributed by atoms with E-state index in [0.29, 0.717) is 13.2 Å². The van der Waals surface area contributed by atoms with Gasteiger partial charge in [-0.15, -0.1) is 0 Å². The number of anilines is 1. The number of piperidine rings is 1. The number of nitrogens with zero attached hydrogens (tertiary/aromatic N) is 1. The number of benzene rings is 1. The zero-order chi connectivity index (χ0) is 14.2. The first-order chi connectivity index (χ1) is 9.81. The molecule has 2 rings (SSSR count). The number of carbonyl (C=O) groups is 1. The minimum atomic E-state index is -0.00806. The van der Waals surface area contributed by atoms with Gasteiger partial charge in [-0.2, -0.15) is 0 Å². The van der Waals surface area contributed by atoms with Crippen LogP contribution in [0.5, 0.6) is 0 Å². The van der Waals surface area contributed by atoms with Crippen molar-refractivity contribution in [2.45, 2.75) is 25.7 Å². The fourth-order valence-corrected chi connectivity index (χ4v) is 2.50. The lowest BCUT2D eigenvalue weighted by Crippen LogP contribution is -2.29. The monoisotopic (exact) mass is 276 g/mol. The lowest BCUT2D eigenvalue weighted by Gasteiger charge is -2.28. The third kappa shape index (κ3) is 4.23. The van der Waals surface area contributed by atoms with Crippen molar-refractivity contribution in [2.24, 2.45) is 0 Å². The highest BCUT2D eigenvalue weighted by Crippen LogP contribution is 2.20. The number of carbonyl (C=O) groups excluding carboxylic acids is 1. The Kier molecular flexibility index (Phi) is 5.87. The predicted molar refractivity (Wildman–Crippen MR) is 81.3 cm³/mol. The molecule has 0 aromatic heterocycles. The van der Waals surface area contributed by atoms with Crippen molar-refractivity contribution in [1.82, 2.24) is 5.32 Å². The fraction of sp³-hybridized carbons (Fsp3) is 0.562. The highest BCUT2D eigenvalue weighted by Gasteiger charge is 2.11. The van der Waals surface area contributed by atoms with Gasteiger partial charge in [-0.3, -0.25) is 4.79 Å². The summed E-state index contributed by atoms with van der Waals surface area (Å²) in [5.41, 5.74) is 1.95. The molecule has 0 spiro atoms. The molecule has 110 valence electrons. The molecule has 4 heteroatoms. The Bertz CT molecular complexity index is 411. The van der Waals surface area contributed by atoms with Crippen LogP contribution < -0.4 is 10.2 Å². The van der Waals surface area contributed by atoms with Gasteiger partial charge in [0.15, 0.2) is 0 Å². The van der Waals surface area contributed by atoms with Crippen LogP contribution in [0.2, 0.25) is 0 Å². The number of amides is 1. The fourth-order valence-electron chi connectivity index (χ4n) is 2.50. The molecular weight excluding hydrogens is 252 g/mol. The molecule has 1 amide bonds. The molecule has 1 aromatic rings. The second kappa shape index (κ2) is 7.90. The third-order valence-corrected chi connectivity index (χ3v) is 3.66. The Hall–Kier alpha value is -1.55. The average Bonchev–Trinajstić information content (AvgIpc) is 2.52. The van der Waals surface area contributed by atoms with Crippen molar-refractivity contribution in [3.8, 4) is 0 Å². The second-order valence-electron chi connectivity index (χ2n) is 5.20. The first-order valence-electron chi connectivity index (χ1n) is 7.43. The Morgan fingerprint density at radius 2 is 1.90 bits per heavy atom. The highest BCUT2D eigenvalue weighted by molar-refractivity contribution is 5.94. The molecular formula is C16H24N2O2. The SMILES string of the molecule is COCCCNC(=O)c1ccc(N2CCCCC2)cc1. The largest absolute Gasteiger partial charge is 0.385 e. The lowest BCUT2D eigenvalue weighted by molar-refractivity contribution is 0.0948. The standard InChI is InChI=1S/C16H24N2O2/c1-20-13-5-10-17-16(19)14-6-8-15(9-7-14)18-11-3-2-4-12-18/h6-9H,2-5,10-13H2,1H3,(H,17,19). The van der Waals surface area contributed by atoms with Crippen LogP contribution >= 0.6 is 0 Å². The quantitative estimate of drug-likeness (QED) is 0.811. The zero-order valence-corrected chi connectivity index (χ0v) is 12.2. The maximum atomic E-state index is 11.9. The van der Waals surface area contributed by atoms with E-state index in [0.717, 1.165) is 25.1 Å². The summed E-state index contributed by atoms with van der Waals surface area (Å²) in [5, 5.41) is 2.90. The number of rotatable bonds is 6. The molecule has 0 atom stereocenters. The first kappa shape index (κ1) is 14.9. The zero-order valence-electron chi connectivity index (χ0n) is 12.2. The molecule has 1 N–H and O–H groups in total. The molecule has 1 heterocycles. The summed E-state index contributed by atoms with van der Waals surface area (Å²) >= 11 is 0. The lowest BCUT2D eigenvalue weighted by atomic mass is 10.1. The maximum Gasteiger partial charge on any atom is 0.251 e. The molecule has 1 aliphatic heterocycles. The van der Waals surface area contributed by atoms with Gasteiger partial charge in [0.25, 0.3) is 5.91 Å². The molecule has 1 aromatic carbocycles. The Labute approximate surface area is 121 Å². The summed E-state index contributed by atoms with van der Waals surface area (Å²) in [5.74, 6) is -0.00806. The van der Waals surface area contributed by atoms with Crippen molar-refractivity contribution in [3.63, 3.8) is 0 Å². The van der Waals surface area contributed by atoms with Crippen LogP contribution in [0.15, 0.2) is 24.3 Å². The van der Waals surface area contributed by atoms with E-state index >= 15 is 0 Å². The Morgan fingerprint density at radius 3 is 2.55 bits per heavy atom. The van der Waals surface area contributed by atoms with E-state index in [1.807, 2.05) is 12.1 Å². The molecule has 0 radical (unpaired) electrons. The van der Waals surface area contributed by atoms with Gasteiger partial charge in [0, 0.05) is 44.6 Å². The molecule has 0 saturated carbocycles. The summed E-state index contributed by atoms with van der Waals surface area (Å²) in [6.07, 6.45) is 4.70. The molecule has 0 aliphatic carbocycles. The smallest absolute Gasteiger partial charge is 0.251 e. The van der Waals surface area contributed by atoms with Gasteiger partial charge in [0.1, 0.15) is 0 Å². The summed E-state index contributed by atoms with van der Waals surface area (Å²) < 4.78 is 4.96. The molecule has 0 unspecified atom stereocenters. The molecule has 1 saturated heterocycles. The normalized spacial score (nSPS) is 15.2. The minimum absolute atomic E-state index is 0.00806. The summed E-state index contributed by atoms with van der Waals surface area (Å²) in [6, 6.07) is 7.93. The number of methoxy groups -OCH3 is 1. The van der Waals surface area contributed by atoms with E-state index in [-0.39, 0.29) is 5.91 Å². The van der Waals surface area contributed by atoms with Crippen molar-refractivity contribution in [3.05, 3.63) is 29.8 Å². The molecule has 1 fully saturated rings. The van der Waals surface area contributed by atoms with Crippen LogP contribution in [0, 0.1) is 0 Å². The van der Waals surface area contributed by atoms with Gasteiger partial charge in [-0.25, -0.2) is 0 Å². The molecule has 0 bridgehead atoms. The van der Waals surface area contributed by atoms with Crippen molar-refractivity contribution in [2.75, 3.05) is 38.3 Å². The molecule has 4 nitrogen and oxygen atoms in total. The Morgan fingerprint density at radius 1 is 1.20 bits per heavy atom. The number of hydrogen-bond donors (Lipinski definition) is 1. The second-order valence-corrected chi connectivity index (χ2v) is 5.20. The average molecular weight is 276 g/mol. The van der Waals surface area contributed by atoms with Crippen molar-refractivity contribution >= 4 is 11.6 Å².